The van der Waals surface area contributed by atoms with Crippen molar-refractivity contribution in [3.8, 4) is 0 Å². The van der Waals surface area contributed by atoms with Gasteiger partial charge >= 0.3 is 0 Å². The van der Waals surface area contributed by atoms with Gasteiger partial charge in [0.2, 0.25) is 0 Å². The molecule has 1 aliphatic heterocycles. The van der Waals surface area contributed by atoms with Crippen LogP contribution in [0.1, 0.15) is 59.8 Å². The van der Waals surface area contributed by atoms with Crippen LogP contribution in [0.2, 0.25) is 0 Å². The highest BCUT2D eigenvalue weighted by Gasteiger charge is 2.15. The molecule has 0 aliphatic carbocycles. The van der Waals surface area contributed by atoms with E-state index in [1.54, 1.807) is 0 Å². The summed E-state index contributed by atoms with van der Waals surface area (Å²) in [6.07, 6.45) is 6.65. The van der Waals surface area contributed by atoms with Gasteiger partial charge in [-0.1, -0.05) is 0 Å². The Labute approximate surface area is 113 Å². The SMILES string of the molecule is CC(CCCNC(C)(C)C)OCC1CCCCO1. The van der Waals surface area contributed by atoms with Crippen molar-refractivity contribution in [3.63, 3.8) is 0 Å². The minimum absolute atomic E-state index is 0.222. The van der Waals surface area contributed by atoms with Crippen LogP contribution in [0.5, 0.6) is 0 Å². The Morgan fingerprint density at radius 1 is 1.33 bits per heavy atom. The van der Waals surface area contributed by atoms with Crippen LogP contribution < -0.4 is 5.32 Å². The second-order valence-corrected chi connectivity index (χ2v) is 6.45. The van der Waals surface area contributed by atoms with Crippen molar-refractivity contribution in [3.05, 3.63) is 0 Å². The van der Waals surface area contributed by atoms with E-state index in [2.05, 4.69) is 33.0 Å². The van der Waals surface area contributed by atoms with Crippen LogP contribution in [0, 0.1) is 0 Å². The van der Waals surface area contributed by atoms with Crippen LogP contribution in [0.25, 0.3) is 0 Å². The van der Waals surface area contributed by atoms with Gasteiger partial charge in [-0.2, -0.15) is 0 Å². The number of nitrogens with one attached hydrogen (secondary N) is 1. The van der Waals surface area contributed by atoms with Crippen LogP contribution in [0.4, 0.5) is 0 Å². The fraction of sp³-hybridized carbons (Fsp3) is 1.00. The van der Waals surface area contributed by atoms with Crippen molar-refractivity contribution >= 4 is 0 Å². The molecule has 0 bridgehead atoms. The van der Waals surface area contributed by atoms with Gasteiger partial charge in [0.05, 0.1) is 18.8 Å². The molecular formula is C15H31NO2. The average Bonchev–Trinajstić information content (AvgIpc) is 2.32. The minimum Gasteiger partial charge on any atom is -0.376 e. The molecule has 0 amide bonds. The lowest BCUT2D eigenvalue weighted by molar-refractivity contribution is -0.0606. The smallest absolute Gasteiger partial charge is 0.0808 e. The van der Waals surface area contributed by atoms with Gasteiger partial charge in [0.25, 0.3) is 0 Å². The molecule has 0 aromatic rings. The van der Waals surface area contributed by atoms with Gasteiger partial charge in [-0.15, -0.1) is 0 Å². The summed E-state index contributed by atoms with van der Waals surface area (Å²) < 4.78 is 11.5. The standard InChI is InChI=1S/C15H31NO2/c1-13(8-7-10-16-15(2,3)4)18-12-14-9-5-6-11-17-14/h13-14,16H,5-12H2,1-4H3. The van der Waals surface area contributed by atoms with E-state index in [0.717, 1.165) is 32.6 Å². The molecule has 1 rings (SSSR count). The van der Waals surface area contributed by atoms with E-state index < -0.39 is 0 Å². The molecule has 0 saturated carbocycles. The van der Waals surface area contributed by atoms with Gasteiger partial charge in [-0.05, 0) is 66.3 Å². The third-order valence-electron chi connectivity index (χ3n) is 3.28. The van der Waals surface area contributed by atoms with Crippen molar-refractivity contribution in [2.75, 3.05) is 19.8 Å². The van der Waals surface area contributed by atoms with Crippen LogP contribution >= 0.6 is 0 Å². The minimum atomic E-state index is 0.222. The van der Waals surface area contributed by atoms with Gasteiger partial charge in [0, 0.05) is 12.1 Å². The van der Waals surface area contributed by atoms with Crippen molar-refractivity contribution in [1.29, 1.82) is 0 Å². The first-order chi connectivity index (χ1) is 8.47. The van der Waals surface area contributed by atoms with Crippen LogP contribution in [-0.4, -0.2) is 37.5 Å². The predicted octanol–water partition coefficient (Wildman–Crippen LogP) is 3.13. The second-order valence-electron chi connectivity index (χ2n) is 6.45. The molecule has 0 aromatic heterocycles. The molecule has 3 nitrogen and oxygen atoms in total. The monoisotopic (exact) mass is 257 g/mol. The normalized spacial score (nSPS) is 23.0. The van der Waals surface area contributed by atoms with E-state index in [1.165, 1.54) is 19.3 Å². The van der Waals surface area contributed by atoms with Gasteiger partial charge in [-0.3, -0.25) is 0 Å². The Hall–Kier alpha value is -0.120. The Bertz CT molecular complexity index is 207. The lowest BCUT2D eigenvalue weighted by Crippen LogP contribution is -2.36. The lowest BCUT2D eigenvalue weighted by atomic mass is 10.1. The number of rotatable bonds is 7. The predicted molar refractivity (Wildman–Crippen MR) is 76.0 cm³/mol. The lowest BCUT2D eigenvalue weighted by Gasteiger charge is -2.24. The first kappa shape index (κ1) is 15.9. The first-order valence-corrected chi connectivity index (χ1v) is 7.45. The molecule has 0 spiro atoms. The van der Waals surface area contributed by atoms with Crippen LogP contribution in [0.15, 0.2) is 0 Å². The number of hydrogen-bond donors (Lipinski definition) is 1. The maximum Gasteiger partial charge on any atom is 0.0808 e. The molecule has 1 fully saturated rings. The highest BCUT2D eigenvalue weighted by molar-refractivity contribution is 4.70. The van der Waals surface area contributed by atoms with Crippen LogP contribution in [0.3, 0.4) is 0 Å². The summed E-state index contributed by atoms with van der Waals surface area (Å²) in [6.45, 7) is 11.5. The molecule has 2 unspecified atom stereocenters. The zero-order valence-electron chi connectivity index (χ0n) is 12.6. The molecule has 1 heterocycles. The fourth-order valence-electron chi connectivity index (χ4n) is 2.15. The van der Waals surface area contributed by atoms with Gasteiger partial charge in [0.1, 0.15) is 0 Å². The van der Waals surface area contributed by atoms with Crippen molar-refractivity contribution in [2.24, 2.45) is 0 Å². The highest BCUT2D eigenvalue weighted by Crippen LogP contribution is 2.14. The quantitative estimate of drug-likeness (QED) is 0.711. The van der Waals surface area contributed by atoms with Gasteiger partial charge in [-0.25, -0.2) is 0 Å². The summed E-state index contributed by atoms with van der Waals surface area (Å²) in [6, 6.07) is 0. The maximum absolute atomic E-state index is 5.86. The van der Waals surface area contributed by atoms with E-state index in [1.807, 2.05) is 0 Å². The Kier molecular flexibility index (Phi) is 7.20. The Morgan fingerprint density at radius 3 is 2.72 bits per heavy atom. The summed E-state index contributed by atoms with van der Waals surface area (Å²) in [5, 5.41) is 3.50. The fourth-order valence-corrected chi connectivity index (χ4v) is 2.15. The van der Waals surface area contributed by atoms with E-state index in [0.29, 0.717) is 12.2 Å². The van der Waals surface area contributed by atoms with Gasteiger partial charge < -0.3 is 14.8 Å². The second kappa shape index (κ2) is 8.13. The molecular weight excluding hydrogens is 226 g/mol. The molecule has 3 heteroatoms. The Morgan fingerprint density at radius 2 is 2.11 bits per heavy atom. The first-order valence-electron chi connectivity index (χ1n) is 7.45. The molecule has 0 aromatic carbocycles. The summed E-state index contributed by atoms with van der Waals surface area (Å²) in [5.41, 5.74) is 0.222. The summed E-state index contributed by atoms with van der Waals surface area (Å²) >= 11 is 0. The molecule has 1 saturated heterocycles. The third-order valence-corrected chi connectivity index (χ3v) is 3.28. The van der Waals surface area contributed by atoms with Crippen molar-refractivity contribution in [1.82, 2.24) is 5.32 Å². The maximum atomic E-state index is 5.86. The third kappa shape index (κ3) is 8.06. The summed E-state index contributed by atoms with van der Waals surface area (Å²) in [7, 11) is 0. The Balaban J connectivity index is 1.98. The zero-order chi connectivity index (χ0) is 13.4. The van der Waals surface area contributed by atoms with Crippen LogP contribution in [-0.2, 0) is 9.47 Å². The van der Waals surface area contributed by atoms with E-state index in [9.17, 15) is 0 Å². The van der Waals surface area contributed by atoms with Crippen molar-refractivity contribution < 1.29 is 9.47 Å². The molecule has 0 radical (unpaired) electrons. The summed E-state index contributed by atoms with van der Waals surface area (Å²) in [5.74, 6) is 0. The average molecular weight is 257 g/mol. The molecule has 2 atom stereocenters. The molecule has 108 valence electrons. The summed E-state index contributed by atoms with van der Waals surface area (Å²) in [4.78, 5) is 0. The highest BCUT2D eigenvalue weighted by atomic mass is 16.5. The van der Waals surface area contributed by atoms with E-state index >= 15 is 0 Å². The molecule has 1 aliphatic rings. The number of hydrogen-bond acceptors (Lipinski definition) is 3. The van der Waals surface area contributed by atoms with E-state index in [4.69, 9.17) is 9.47 Å². The van der Waals surface area contributed by atoms with Crippen molar-refractivity contribution in [2.45, 2.75) is 77.5 Å². The topological polar surface area (TPSA) is 30.5 Å². The molecule has 18 heavy (non-hydrogen) atoms. The molecule has 1 N–H and O–H groups in total. The number of ether oxygens (including phenoxy) is 2. The van der Waals surface area contributed by atoms with E-state index in [-0.39, 0.29) is 5.54 Å². The van der Waals surface area contributed by atoms with Gasteiger partial charge in [0.15, 0.2) is 0 Å². The zero-order valence-corrected chi connectivity index (χ0v) is 12.6. The largest absolute Gasteiger partial charge is 0.376 e.